The summed E-state index contributed by atoms with van der Waals surface area (Å²) in [4.78, 5) is 33.8. The summed E-state index contributed by atoms with van der Waals surface area (Å²) in [5.74, 6) is -0.507. The van der Waals surface area contributed by atoms with Crippen LogP contribution in [0.15, 0.2) is 0 Å². The molecule has 0 heterocycles. The van der Waals surface area contributed by atoms with Crippen LogP contribution in [0.4, 0.5) is 0 Å². The molecular formula is C42H84NO8P. The largest absolute Gasteiger partial charge is 0.472 e. The van der Waals surface area contributed by atoms with Crippen molar-refractivity contribution >= 4 is 19.7 Å². The number of carbonyl (C=O) groups is 2. The second-order valence-electron chi connectivity index (χ2n) is 15.0. The fourth-order valence-corrected chi connectivity index (χ4v) is 7.20. The Kier molecular flexibility index (Phi) is 38.9. The number of phosphoric ester groups is 1. The molecule has 0 aliphatic rings. The zero-order chi connectivity index (χ0) is 38.2. The summed E-state index contributed by atoms with van der Waals surface area (Å²) in [6.07, 6.45) is 39.1. The molecule has 10 heteroatoms. The third-order valence-corrected chi connectivity index (χ3v) is 10.8. The molecule has 0 aliphatic heterocycles. The van der Waals surface area contributed by atoms with Gasteiger partial charge in [0.1, 0.15) is 12.7 Å². The van der Waals surface area contributed by atoms with Gasteiger partial charge >= 0.3 is 13.8 Å². The monoisotopic (exact) mass is 762 g/mol. The molecule has 0 spiro atoms. The quantitative estimate of drug-likeness (QED) is 0.0318. The highest BCUT2D eigenvalue weighted by atomic mass is 31.2. The van der Waals surface area contributed by atoms with Gasteiger partial charge < -0.3 is 20.1 Å². The predicted molar refractivity (Wildman–Crippen MR) is 215 cm³/mol. The first-order valence-electron chi connectivity index (χ1n) is 22.0. The minimum atomic E-state index is -4.40. The lowest BCUT2D eigenvalue weighted by atomic mass is 10.0. The zero-order valence-corrected chi connectivity index (χ0v) is 34.9. The van der Waals surface area contributed by atoms with Gasteiger partial charge in [-0.25, -0.2) is 4.57 Å². The van der Waals surface area contributed by atoms with Gasteiger partial charge in [-0.05, 0) is 12.8 Å². The van der Waals surface area contributed by atoms with Crippen LogP contribution in [0.2, 0.25) is 0 Å². The van der Waals surface area contributed by atoms with Gasteiger partial charge in [-0.3, -0.25) is 18.6 Å². The molecule has 0 fully saturated rings. The molecule has 0 bridgehead atoms. The van der Waals surface area contributed by atoms with Crippen LogP contribution < -0.4 is 5.32 Å². The van der Waals surface area contributed by atoms with Crippen LogP contribution in [-0.2, 0) is 27.9 Å². The van der Waals surface area contributed by atoms with Crippen LogP contribution in [0.5, 0.6) is 0 Å². The molecule has 52 heavy (non-hydrogen) atoms. The van der Waals surface area contributed by atoms with E-state index in [-0.39, 0.29) is 25.7 Å². The van der Waals surface area contributed by atoms with Crippen molar-refractivity contribution in [1.29, 1.82) is 0 Å². The standard InChI is InChI=1S/C42H84NO8P/c1-3-5-7-9-11-13-14-15-16-17-18-19-20-21-22-23-24-25-27-29-31-33-35-42(46)49-38-40(44)39-51-52(47,48)50-37-36-43-41(45)34-32-30-28-26-12-10-8-6-4-2/h40,44H,3-39H2,1-2H3,(H,43,45)(H,47,48). The van der Waals surface area contributed by atoms with Crippen molar-refractivity contribution < 1.29 is 37.9 Å². The molecule has 1 amide bonds. The van der Waals surface area contributed by atoms with E-state index in [1.54, 1.807) is 0 Å². The van der Waals surface area contributed by atoms with Gasteiger partial charge in [-0.15, -0.1) is 0 Å². The first kappa shape index (κ1) is 51.0. The molecule has 2 atom stereocenters. The van der Waals surface area contributed by atoms with Gasteiger partial charge in [0.25, 0.3) is 0 Å². The Labute approximate surface area is 320 Å². The number of aliphatic hydroxyl groups excluding tert-OH is 1. The van der Waals surface area contributed by atoms with Crippen LogP contribution in [-0.4, -0.2) is 54.3 Å². The first-order chi connectivity index (χ1) is 25.3. The fourth-order valence-electron chi connectivity index (χ4n) is 6.44. The molecule has 0 aromatic carbocycles. The van der Waals surface area contributed by atoms with Crippen molar-refractivity contribution in [3.63, 3.8) is 0 Å². The Morgan fingerprint density at radius 3 is 1.25 bits per heavy atom. The van der Waals surface area contributed by atoms with Crippen molar-refractivity contribution in [3.05, 3.63) is 0 Å². The number of esters is 1. The maximum absolute atomic E-state index is 12.1. The van der Waals surface area contributed by atoms with Crippen molar-refractivity contribution in [2.45, 2.75) is 232 Å². The molecular weight excluding hydrogens is 677 g/mol. The summed E-state index contributed by atoms with van der Waals surface area (Å²) in [5.41, 5.74) is 0. The molecule has 0 aliphatic carbocycles. The van der Waals surface area contributed by atoms with E-state index in [4.69, 9.17) is 13.8 Å². The fraction of sp³-hybridized carbons (Fsp3) is 0.952. The molecule has 0 aromatic rings. The Balaban J connectivity index is 3.50. The predicted octanol–water partition coefficient (Wildman–Crippen LogP) is 12.1. The number of ether oxygens (including phenoxy) is 1. The number of hydrogen-bond acceptors (Lipinski definition) is 7. The van der Waals surface area contributed by atoms with Crippen LogP contribution in [0, 0.1) is 0 Å². The van der Waals surface area contributed by atoms with Gasteiger partial charge in [0.15, 0.2) is 0 Å². The number of hydrogen-bond donors (Lipinski definition) is 3. The van der Waals surface area contributed by atoms with E-state index in [9.17, 15) is 24.2 Å². The smallest absolute Gasteiger partial charge is 0.463 e. The Morgan fingerprint density at radius 1 is 0.519 bits per heavy atom. The number of rotatable bonds is 42. The maximum atomic E-state index is 12.1. The molecule has 0 rings (SSSR count). The number of phosphoric acid groups is 1. The summed E-state index contributed by atoms with van der Waals surface area (Å²) in [7, 11) is -4.40. The lowest BCUT2D eigenvalue weighted by Crippen LogP contribution is -2.27. The van der Waals surface area contributed by atoms with Crippen LogP contribution in [0.1, 0.15) is 226 Å². The topological polar surface area (TPSA) is 131 Å². The van der Waals surface area contributed by atoms with E-state index in [0.29, 0.717) is 12.8 Å². The van der Waals surface area contributed by atoms with Gasteiger partial charge in [0.2, 0.25) is 5.91 Å². The molecule has 3 N–H and O–H groups in total. The molecule has 9 nitrogen and oxygen atoms in total. The zero-order valence-electron chi connectivity index (χ0n) is 34.0. The first-order valence-corrected chi connectivity index (χ1v) is 23.5. The van der Waals surface area contributed by atoms with E-state index in [1.807, 2.05) is 0 Å². The minimum absolute atomic E-state index is 0.0872. The minimum Gasteiger partial charge on any atom is -0.463 e. The van der Waals surface area contributed by atoms with E-state index < -0.39 is 26.5 Å². The third-order valence-electron chi connectivity index (χ3n) is 9.79. The second-order valence-corrected chi connectivity index (χ2v) is 16.5. The molecule has 0 aromatic heterocycles. The molecule has 0 radical (unpaired) electrons. The van der Waals surface area contributed by atoms with E-state index in [0.717, 1.165) is 38.5 Å². The number of unbranched alkanes of at least 4 members (excludes halogenated alkanes) is 29. The number of carbonyl (C=O) groups excluding carboxylic acids is 2. The molecule has 0 saturated heterocycles. The highest BCUT2D eigenvalue weighted by Crippen LogP contribution is 2.42. The SMILES string of the molecule is CCCCCCCCCCCCCCCCCCCCCCCCC(=O)OCC(O)COP(=O)(O)OCCNC(=O)CCCCCCCCCCC. The van der Waals surface area contributed by atoms with Crippen LogP contribution in [0.25, 0.3) is 0 Å². The molecule has 2 unspecified atom stereocenters. The molecule has 0 saturated carbocycles. The maximum Gasteiger partial charge on any atom is 0.472 e. The van der Waals surface area contributed by atoms with Gasteiger partial charge in [-0.2, -0.15) is 0 Å². The average Bonchev–Trinajstić information content (AvgIpc) is 3.13. The summed E-state index contributed by atoms with van der Waals surface area (Å²) in [6.45, 7) is 3.57. The Hall–Kier alpha value is -0.990. The van der Waals surface area contributed by atoms with Crippen LogP contribution >= 0.6 is 7.82 Å². The van der Waals surface area contributed by atoms with Crippen LogP contribution in [0.3, 0.4) is 0 Å². The highest BCUT2D eigenvalue weighted by molar-refractivity contribution is 7.47. The van der Waals surface area contributed by atoms with Crippen molar-refractivity contribution in [2.75, 3.05) is 26.4 Å². The highest BCUT2D eigenvalue weighted by Gasteiger charge is 2.23. The normalized spacial score (nSPS) is 13.2. The lowest BCUT2D eigenvalue weighted by molar-refractivity contribution is -0.147. The number of amides is 1. The van der Waals surface area contributed by atoms with Gasteiger partial charge in [0.05, 0.1) is 13.2 Å². The van der Waals surface area contributed by atoms with Gasteiger partial charge in [-0.1, -0.05) is 200 Å². The number of nitrogens with one attached hydrogen (secondary N) is 1. The average molecular weight is 762 g/mol. The van der Waals surface area contributed by atoms with Gasteiger partial charge in [0, 0.05) is 19.4 Å². The number of aliphatic hydroxyl groups is 1. The summed E-state index contributed by atoms with van der Waals surface area (Å²) in [6, 6.07) is 0. The third kappa shape index (κ3) is 40.2. The Morgan fingerprint density at radius 2 is 0.865 bits per heavy atom. The summed E-state index contributed by atoms with van der Waals surface area (Å²) >= 11 is 0. The van der Waals surface area contributed by atoms with E-state index >= 15 is 0 Å². The summed E-state index contributed by atoms with van der Waals surface area (Å²) in [5, 5.41) is 12.7. The summed E-state index contributed by atoms with van der Waals surface area (Å²) < 4.78 is 26.8. The Bertz CT molecular complexity index is 830. The molecule has 310 valence electrons. The van der Waals surface area contributed by atoms with Crippen molar-refractivity contribution in [2.24, 2.45) is 0 Å². The lowest BCUT2D eigenvalue weighted by Gasteiger charge is -2.15. The second kappa shape index (κ2) is 39.7. The van der Waals surface area contributed by atoms with Crippen molar-refractivity contribution in [3.8, 4) is 0 Å². The van der Waals surface area contributed by atoms with E-state index in [1.165, 1.54) is 161 Å². The van der Waals surface area contributed by atoms with E-state index in [2.05, 4.69) is 19.2 Å². The van der Waals surface area contributed by atoms with Crippen molar-refractivity contribution in [1.82, 2.24) is 5.32 Å².